The Bertz CT molecular complexity index is 684. The molecule has 19 heavy (non-hydrogen) atoms. The van der Waals surface area contributed by atoms with E-state index in [9.17, 15) is 10.1 Å². The molecule has 8 heteroatoms. The molecule has 0 fully saturated rings. The standard InChI is InChI=1S/C11H5ClN4O3/c12-10-9(16(17)18)11(15-6-14-10)19-8-3-1-2-7(4-8)5-13/h1-4,6H. The molecule has 0 saturated carbocycles. The number of halogens is 1. The molecule has 0 atom stereocenters. The van der Waals surface area contributed by atoms with Crippen molar-refractivity contribution in [3.05, 3.63) is 51.4 Å². The maximum atomic E-state index is 10.9. The minimum absolute atomic E-state index is 0.247. The molecule has 7 nitrogen and oxygen atoms in total. The fraction of sp³-hybridized carbons (Fsp3) is 0. The number of hydrogen-bond acceptors (Lipinski definition) is 6. The van der Waals surface area contributed by atoms with Crippen LogP contribution < -0.4 is 4.74 Å². The average Bonchev–Trinajstić information content (AvgIpc) is 2.38. The second kappa shape index (κ2) is 5.29. The topological polar surface area (TPSA) is 102 Å². The lowest BCUT2D eigenvalue weighted by atomic mass is 10.2. The molecule has 2 rings (SSSR count). The van der Waals surface area contributed by atoms with Gasteiger partial charge in [0, 0.05) is 0 Å². The number of ether oxygens (including phenoxy) is 1. The average molecular weight is 277 g/mol. The molecular weight excluding hydrogens is 272 g/mol. The molecule has 1 heterocycles. The first-order valence-corrected chi connectivity index (χ1v) is 5.32. The summed E-state index contributed by atoms with van der Waals surface area (Å²) >= 11 is 5.62. The van der Waals surface area contributed by atoms with Gasteiger partial charge in [0.25, 0.3) is 0 Å². The van der Waals surface area contributed by atoms with E-state index in [0.717, 1.165) is 6.33 Å². The molecule has 1 aromatic heterocycles. The Hall–Kier alpha value is -2.72. The minimum Gasteiger partial charge on any atom is -0.434 e. The smallest absolute Gasteiger partial charge is 0.368 e. The van der Waals surface area contributed by atoms with Crippen LogP contribution in [0.1, 0.15) is 5.56 Å². The molecule has 2 aromatic rings. The maximum absolute atomic E-state index is 10.9. The Balaban J connectivity index is 2.41. The minimum atomic E-state index is -0.730. The molecule has 0 aliphatic rings. The number of benzene rings is 1. The van der Waals surface area contributed by atoms with Gasteiger partial charge in [-0.2, -0.15) is 10.2 Å². The van der Waals surface area contributed by atoms with E-state index in [0.29, 0.717) is 5.56 Å². The van der Waals surface area contributed by atoms with E-state index in [2.05, 4.69) is 9.97 Å². The normalized spacial score (nSPS) is 9.68. The van der Waals surface area contributed by atoms with Crippen LogP contribution in [-0.2, 0) is 0 Å². The number of aromatic nitrogens is 2. The van der Waals surface area contributed by atoms with Gasteiger partial charge in [-0.1, -0.05) is 17.7 Å². The van der Waals surface area contributed by atoms with E-state index in [4.69, 9.17) is 21.6 Å². The van der Waals surface area contributed by atoms with Gasteiger partial charge in [0.15, 0.2) is 0 Å². The lowest BCUT2D eigenvalue weighted by Gasteiger charge is -2.05. The van der Waals surface area contributed by atoms with Crippen LogP contribution in [0.2, 0.25) is 5.15 Å². The Morgan fingerprint density at radius 2 is 2.21 bits per heavy atom. The van der Waals surface area contributed by atoms with Crippen molar-refractivity contribution < 1.29 is 9.66 Å². The zero-order chi connectivity index (χ0) is 13.8. The van der Waals surface area contributed by atoms with Crippen molar-refractivity contribution in [1.82, 2.24) is 9.97 Å². The third kappa shape index (κ3) is 2.75. The highest BCUT2D eigenvalue weighted by molar-refractivity contribution is 6.31. The Morgan fingerprint density at radius 1 is 1.42 bits per heavy atom. The molecule has 94 valence electrons. The second-order valence-corrected chi connectivity index (χ2v) is 3.68. The van der Waals surface area contributed by atoms with Crippen molar-refractivity contribution in [3.8, 4) is 17.7 Å². The number of nitro groups is 1. The molecule has 0 N–H and O–H groups in total. The van der Waals surface area contributed by atoms with Crippen molar-refractivity contribution in [2.24, 2.45) is 0 Å². The van der Waals surface area contributed by atoms with Gasteiger partial charge < -0.3 is 4.74 Å². The lowest BCUT2D eigenvalue weighted by Crippen LogP contribution is -1.98. The van der Waals surface area contributed by atoms with E-state index < -0.39 is 10.6 Å². The van der Waals surface area contributed by atoms with Crippen molar-refractivity contribution in [2.45, 2.75) is 0 Å². The first-order chi connectivity index (χ1) is 9.11. The molecule has 0 aliphatic heterocycles. The van der Waals surface area contributed by atoms with E-state index in [1.54, 1.807) is 18.2 Å². The summed E-state index contributed by atoms with van der Waals surface area (Å²) in [7, 11) is 0. The molecule has 0 aliphatic carbocycles. The molecular formula is C11H5ClN4O3. The summed E-state index contributed by atoms with van der Waals surface area (Å²) in [6.45, 7) is 0. The van der Waals surface area contributed by atoms with Gasteiger partial charge in [0.2, 0.25) is 5.15 Å². The molecule has 0 amide bonds. The van der Waals surface area contributed by atoms with Crippen LogP contribution in [0, 0.1) is 21.4 Å². The van der Waals surface area contributed by atoms with Gasteiger partial charge >= 0.3 is 11.6 Å². The summed E-state index contributed by atoms with van der Waals surface area (Å²) in [5.74, 6) is -0.0305. The van der Waals surface area contributed by atoms with Crippen LogP contribution in [-0.4, -0.2) is 14.9 Å². The third-order valence-electron chi connectivity index (χ3n) is 2.10. The largest absolute Gasteiger partial charge is 0.434 e. The summed E-state index contributed by atoms with van der Waals surface area (Å²) in [5.41, 5.74) is -0.160. The zero-order valence-corrected chi connectivity index (χ0v) is 10.0. The van der Waals surface area contributed by atoms with Crippen LogP contribution >= 0.6 is 11.6 Å². The van der Waals surface area contributed by atoms with Crippen molar-refractivity contribution in [3.63, 3.8) is 0 Å². The molecule has 0 unspecified atom stereocenters. The Morgan fingerprint density at radius 3 is 2.89 bits per heavy atom. The molecule has 0 saturated heterocycles. The maximum Gasteiger partial charge on any atom is 0.368 e. The first-order valence-electron chi connectivity index (χ1n) is 4.94. The Labute approximate surface area is 112 Å². The van der Waals surface area contributed by atoms with Gasteiger partial charge in [-0.3, -0.25) is 10.1 Å². The van der Waals surface area contributed by atoms with E-state index in [1.807, 2.05) is 6.07 Å². The van der Waals surface area contributed by atoms with Crippen LogP contribution in [0.4, 0.5) is 5.69 Å². The SMILES string of the molecule is N#Cc1cccc(Oc2ncnc(Cl)c2[N+](=O)[O-])c1. The summed E-state index contributed by atoms with van der Waals surface area (Å²) in [6, 6.07) is 8.07. The van der Waals surface area contributed by atoms with Crippen molar-refractivity contribution >= 4 is 17.3 Å². The monoisotopic (exact) mass is 276 g/mol. The highest BCUT2D eigenvalue weighted by atomic mass is 35.5. The van der Waals surface area contributed by atoms with Crippen LogP contribution in [0.5, 0.6) is 11.6 Å². The predicted octanol–water partition coefficient (Wildman–Crippen LogP) is 2.70. The predicted molar refractivity (Wildman–Crippen MR) is 64.9 cm³/mol. The van der Waals surface area contributed by atoms with Crippen molar-refractivity contribution in [2.75, 3.05) is 0 Å². The number of rotatable bonds is 3. The summed E-state index contributed by atoms with van der Waals surface area (Å²) in [4.78, 5) is 17.3. The fourth-order valence-electron chi connectivity index (χ4n) is 1.31. The quantitative estimate of drug-likeness (QED) is 0.485. The van der Waals surface area contributed by atoms with Gasteiger partial charge in [-0.05, 0) is 18.2 Å². The summed E-state index contributed by atoms with van der Waals surface area (Å²) < 4.78 is 5.27. The lowest BCUT2D eigenvalue weighted by molar-refractivity contribution is -0.386. The van der Waals surface area contributed by atoms with Gasteiger partial charge in [0.1, 0.15) is 12.1 Å². The van der Waals surface area contributed by atoms with E-state index >= 15 is 0 Å². The number of nitrogens with zero attached hydrogens (tertiary/aromatic N) is 4. The summed E-state index contributed by atoms with van der Waals surface area (Å²) in [5, 5.41) is 19.3. The van der Waals surface area contributed by atoms with E-state index in [1.165, 1.54) is 6.07 Å². The zero-order valence-electron chi connectivity index (χ0n) is 9.28. The highest BCUT2D eigenvalue weighted by Crippen LogP contribution is 2.33. The van der Waals surface area contributed by atoms with Crippen LogP contribution in [0.25, 0.3) is 0 Å². The number of nitriles is 1. The van der Waals surface area contributed by atoms with Gasteiger partial charge in [0.05, 0.1) is 16.6 Å². The van der Waals surface area contributed by atoms with Crippen LogP contribution in [0.15, 0.2) is 30.6 Å². The Kier molecular flexibility index (Phi) is 3.54. The first kappa shape index (κ1) is 12.7. The molecule has 0 bridgehead atoms. The van der Waals surface area contributed by atoms with Gasteiger partial charge in [-0.25, -0.2) is 4.98 Å². The highest BCUT2D eigenvalue weighted by Gasteiger charge is 2.23. The van der Waals surface area contributed by atoms with Crippen molar-refractivity contribution in [1.29, 1.82) is 5.26 Å². The van der Waals surface area contributed by atoms with Crippen LogP contribution in [0.3, 0.4) is 0 Å². The molecule has 0 radical (unpaired) electrons. The molecule has 1 aromatic carbocycles. The summed E-state index contributed by atoms with van der Waals surface area (Å²) in [6.07, 6.45) is 1.05. The third-order valence-corrected chi connectivity index (χ3v) is 2.38. The van der Waals surface area contributed by atoms with Gasteiger partial charge in [-0.15, -0.1) is 0 Å². The second-order valence-electron chi connectivity index (χ2n) is 3.32. The van der Waals surface area contributed by atoms with E-state index in [-0.39, 0.29) is 16.8 Å². The number of hydrogen-bond donors (Lipinski definition) is 0. The molecule has 0 spiro atoms. The fourth-order valence-corrected chi connectivity index (χ4v) is 1.50.